The maximum absolute atomic E-state index is 11.7. The van der Waals surface area contributed by atoms with E-state index in [0.717, 1.165) is 17.8 Å². The SMILES string of the molecule is COC(=O)c1ccc(C)c(N(C)CCO[Si](C)(C)C(C)(C)C)c1. The second-order valence-corrected chi connectivity index (χ2v) is 12.3. The van der Waals surface area contributed by atoms with E-state index in [0.29, 0.717) is 12.2 Å². The van der Waals surface area contributed by atoms with Crippen molar-refractivity contribution in [1.29, 1.82) is 0 Å². The van der Waals surface area contributed by atoms with Crippen molar-refractivity contribution in [1.82, 2.24) is 0 Å². The Bertz CT molecular complexity index is 550. The van der Waals surface area contributed by atoms with Crippen molar-refractivity contribution in [3.05, 3.63) is 29.3 Å². The highest BCUT2D eigenvalue weighted by Gasteiger charge is 2.36. The number of ether oxygens (including phenoxy) is 1. The van der Waals surface area contributed by atoms with Crippen LogP contribution >= 0.6 is 0 Å². The van der Waals surface area contributed by atoms with E-state index in [1.165, 1.54) is 7.11 Å². The fraction of sp³-hybridized carbons (Fsp3) is 0.611. The molecule has 0 atom stereocenters. The van der Waals surface area contributed by atoms with Gasteiger partial charge in [0.25, 0.3) is 0 Å². The Morgan fingerprint density at radius 3 is 2.39 bits per heavy atom. The lowest BCUT2D eigenvalue weighted by atomic mass is 10.1. The van der Waals surface area contributed by atoms with Gasteiger partial charge in [-0.15, -0.1) is 0 Å². The lowest BCUT2D eigenvalue weighted by Crippen LogP contribution is -2.42. The van der Waals surface area contributed by atoms with Crippen molar-refractivity contribution in [3.63, 3.8) is 0 Å². The monoisotopic (exact) mass is 337 g/mol. The van der Waals surface area contributed by atoms with E-state index in [4.69, 9.17) is 9.16 Å². The minimum atomic E-state index is -1.72. The summed E-state index contributed by atoms with van der Waals surface area (Å²) in [6, 6.07) is 5.63. The molecule has 0 unspecified atom stereocenters. The Balaban J connectivity index is 2.75. The number of anilines is 1. The third-order valence-electron chi connectivity index (χ3n) is 4.74. The first kappa shape index (κ1) is 19.7. The molecular weight excluding hydrogens is 306 g/mol. The highest BCUT2D eigenvalue weighted by atomic mass is 28.4. The molecule has 0 spiro atoms. The number of carbonyl (C=O) groups excluding carboxylic acids is 1. The number of benzene rings is 1. The molecule has 0 aromatic heterocycles. The van der Waals surface area contributed by atoms with Gasteiger partial charge in [-0.25, -0.2) is 4.79 Å². The number of aryl methyl sites for hydroxylation is 1. The third-order valence-corrected chi connectivity index (χ3v) is 9.28. The zero-order chi connectivity index (χ0) is 17.8. The van der Waals surface area contributed by atoms with Crippen LogP contribution in [0, 0.1) is 6.92 Å². The van der Waals surface area contributed by atoms with Crippen molar-refractivity contribution in [2.75, 3.05) is 32.2 Å². The average molecular weight is 338 g/mol. The Morgan fingerprint density at radius 1 is 1.26 bits per heavy atom. The van der Waals surface area contributed by atoms with E-state index in [9.17, 15) is 4.79 Å². The normalized spacial score (nSPS) is 12.2. The van der Waals surface area contributed by atoms with Crippen LogP contribution in [-0.4, -0.2) is 41.6 Å². The van der Waals surface area contributed by atoms with E-state index in [2.05, 4.69) is 38.8 Å². The summed E-state index contributed by atoms with van der Waals surface area (Å²) in [5.41, 5.74) is 2.74. The topological polar surface area (TPSA) is 38.8 Å². The van der Waals surface area contributed by atoms with Crippen molar-refractivity contribution in [2.45, 2.75) is 45.8 Å². The predicted molar refractivity (Wildman–Crippen MR) is 98.9 cm³/mol. The summed E-state index contributed by atoms with van der Waals surface area (Å²) in [7, 11) is 1.71. The lowest BCUT2D eigenvalue weighted by molar-refractivity contribution is 0.0601. The maximum Gasteiger partial charge on any atom is 0.337 e. The van der Waals surface area contributed by atoms with Gasteiger partial charge in [0.05, 0.1) is 19.3 Å². The largest absolute Gasteiger partial charge is 0.465 e. The van der Waals surface area contributed by atoms with E-state index in [1.54, 1.807) is 6.07 Å². The maximum atomic E-state index is 11.7. The van der Waals surface area contributed by atoms with Gasteiger partial charge in [0.15, 0.2) is 8.32 Å². The van der Waals surface area contributed by atoms with Crippen LogP contribution in [0.4, 0.5) is 5.69 Å². The Labute approximate surface area is 141 Å². The molecule has 0 fully saturated rings. The first-order chi connectivity index (χ1) is 10.5. The number of methoxy groups -OCH3 is 1. The van der Waals surface area contributed by atoms with Crippen molar-refractivity contribution < 1.29 is 14.0 Å². The number of esters is 1. The van der Waals surface area contributed by atoms with Gasteiger partial charge >= 0.3 is 5.97 Å². The molecule has 0 saturated carbocycles. The van der Waals surface area contributed by atoms with Gasteiger partial charge < -0.3 is 14.1 Å². The van der Waals surface area contributed by atoms with Crippen LogP contribution in [0.15, 0.2) is 18.2 Å². The molecule has 0 aliphatic heterocycles. The molecule has 0 aliphatic carbocycles. The molecule has 0 bridgehead atoms. The quantitative estimate of drug-likeness (QED) is 0.575. The Hall–Kier alpha value is -1.33. The van der Waals surface area contributed by atoms with Crippen LogP contribution in [0.3, 0.4) is 0 Å². The van der Waals surface area contributed by atoms with Crippen LogP contribution in [0.2, 0.25) is 18.1 Å². The summed E-state index contributed by atoms with van der Waals surface area (Å²) in [4.78, 5) is 13.8. The van der Waals surface area contributed by atoms with Gasteiger partial charge in [0.1, 0.15) is 0 Å². The fourth-order valence-electron chi connectivity index (χ4n) is 2.04. The van der Waals surface area contributed by atoms with Crippen LogP contribution in [0.5, 0.6) is 0 Å². The number of nitrogens with zero attached hydrogens (tertiary/aromatic N) is 1. The van der Waals surface area contributed by atoms with Gasteiger partial charge in [-0.05, 0) is 42.8 Å². The summed E-state index contributed by atoms with van der Waals surface area (Å²) in [5, 5.41) is 0.215. The fourth-order valence-corrected chi connectivity index (χ4v) is 3.07. The molecule has 0 amide bonds. The number of carbonyl (C=O) groups is 1. The number of likely N-dealkylation sites (N-methyl/N-ethyl adjacent to an activating group) is 1. The van der Waals surface area contributed by atoms with E-state index in [1.807, 2.05) is 26.1 Å². The van der Waals surface area contributed by atoms with E-state index in [-0.39, 0.29) is 11.0 Å². The summed E-state index contributed by atoms with van der Waals surface area (Å²) in [6.07, 6.45) is 0. The van der Waals surface area contributed by atoms with Crippen molar-refractivity contribution in [2.24, 2.45) is 0 Å². The van der Waals surface area contributed by atoms with Crippen LogP contribution in [0.1, 0.15) is 36.7 Å². The minimum Gasteiger partial charge on any atom is -0.465 e. The summed E-state index contributed by atoms with van der Waals surface area (Å²) in [5.74, 6) is -0.308. The average Bonchev–Trinajstić information content (AvgIpc) is 2.45. The molecule has 130 valence electrons. The first-order valence-corrected chi connectivity index (χ1v) is 10.9. The van der Waals surface area contributed by atoms with Gasteiger partial charge in [0, 0.05) is 19.3 Å². The van der Waals surface area contributed by atoms with Crippen LogP contribution < -0.4 is 4.90 Å². The number of hydrogen-bond acceptors (Lipinski definition) is 4. The smallest absolute Gasteiger partial charge is 0.337 e. The second kappa shape index (κ2) is 7.49. The molecule has 1 aromatic carbocycles. The zero-order valence-electron chi connectivity index (χ0n) is 15.8. The molecule has 0 aliphatic rings. The molecule has 1 rings (SSSR count). The lowest BCUT2D eigenvalue weighted by Gasteiger charge is -2.36. The minimum absolute atomic E-state index is 0.215. The van der Waals surface area contributed by atoms with Crippen molar-refractivity contribution in [3.8, 4) is 0 Å². The Kier molecular flexibility index (Phi) is 6.42. The number of rotatable bonds is 6. The second-order valence-electron chi connectivity index (χ2n) is 7.52. The predicted octanol–water partition coefficient (Wildman–Crippen LogP) is 4.24. The first-order valence-electron chi connectivity index (χ1n) is 8.03. The van der Waals surface area contributed by atoms with E-state index >= 15 is 0 Å². The molecule has 23 heavy (non-hydrogen) atoms. The highest BCUT2D eigenvalue weighted by Crippen LogP contribution is 2.36. The molecule has 0 saturated heterocycles. The zero-order valence-corrected chi connectivity index (χ0v) is 16.8. The van der Waals surface area contributed by atoms with Gasteiger partial charge in [-0.2, -0.15) is 0 Å². The summed E-state index contributed by atoms with van der Waals surface area (Å²) in [6.45, 7) is 14.8. The van der Waals surface area contributed by atoms with Gasteiger partial charge in [-0.3, -0.25) is 0 Å². The molecule has 4 nitrogen and oxygen atoms in total. The highest BCUT2D eigenvalue weighted by molar-refractivity contribution is 6.74. The van der Waals surface area contributed by atoms with E-state index < -0.39 is 8.32 Å². The summed E-state index contributed by atoms with van der Waals surface area (Å²) >= 11 is 0. The number of hydrogen-bond donors (Lipinski definition) is 0. The third kappa shape index (κ3) is 5.08. The molecule has 0 radical (unpaired) electrons. The van der Waals surface area contributed by atoms with Crippen molar-refractivity contribution >= 4 is 20.0 Å². The molecule has 0 heterocycles. The summed E-state index contributed by atoms with van der Waals surface area (Å²) < 4.78 is 11.0. The van der Waals surface area contributed by atoms with Gasteiger partial charge in [0.2, 0.25) is 0 Å². The van der Waals surface area contributed by atoms with Gasteiger partial charge in [-0.1, -0.05) is 26.8 Å². The molecular formula is C18H31NO3Si. The standard InChI is InChI=1S/C18H31NO3Si/c1-14-9-10-15(17(20)21-6)13-16(14)19(5)11-12-22-23(7,8)18(2,3)4/h9-10,13H,11-12H2,1-8H3. The molecule has 1 aromatic rings. The molecule has 0 N–H and O–H groups in total. The Morgan fingerprint density at radius 2 is 1.87 bits per heavy atom. The van der Waals surface area contributed by atoms with Crippen LogP contribution in [-0.2, 0) is 9.16 Å². The molecule has 5 heteroatoms. The van der Waals surface area contributed by atoms with Crippen LogP contribution in [0.25, 0.3) is 0 Å².